The van der Waals surface area contributed by atoms with Crippen molar-refractivity contribution in [3.05, 3.63) is 34.9 Å². The first kappa shape index (κ1) is 12.0. The third-order valence-corrected chi connectivity index (χ3v) is 2.66. The summed E-state index contributed by atoms with van der Waals surface area (Å²) in [5.74, 6) is -0.139. The van der Waals surface area contributed by atoms with Gasteiger partial charge in [-0.1, -0.05) is 23.7 Å². The maximum Gasteiger partial charge on any atom is 0.258 e. The fourth-order valence-corrected chi connectivity index (χ4v) is 1.60. The molecule has 1 heterocycles. The van der Waals surface area contributed by atoms with Gasteiger partial charge in [0, 0.05) is 11.6 Å². The number of carbonyl (C=O) groups excluding carboxylic acids is 1. The minimum Gasteiger partial charge on any atom is -0.271 e. The van der Waals surface area contributed by atoms with Crippen LogP contribution in [0.15, 0.2) is 29.4 Å². The molecule has 1 unspecified atom stereocenters. The third kappa shape index (κ3) is 3.52. The number of halogens is 1. The number of amides is 1. The molecule has 0 aliphatic carbocycles. The van der Waals surface area contributed by atoms with E-state index in [-0.39, 0.29) is 11.9 Å². The van der Waals surface area contributed by atoms with Crippen LogP contribution in [-0.2, 0) is 4.79 Å². The Balaban J connectivity index is 1.84. The zero-order valence-electron chi connectivity index (χ0n) is 9.11. The summed E-state index contributed by atoms with van der Waals surface area (Å²) >= 11 is 5.75. The molecule has 0 radical (unpaired) electrons. The summed E-state index contributed by atoms with van der Waals surface area (Å²) in [5, 5.41) is 4.55. The van der Waals surface area contributed by atoms with Crippen molar-refractivity contribution >= 4 is 23.7 Å². The molecule has 2 rings (SSSR count). The molecule has 1 aromatic rings. The predicted molar refractivity (Wildman–Crippen MR) is 66.7 cm³/mol. The summed E-state index contributed by atoms with van der Waals surface area (Å²) in [6.45, 7) is 0.791. The SMILES string of the molecule is O=C(N/N=C/c1ccc(Cl)cc1)C1CCNN1. The van der Waals surface area contributed by atoms with E-state index in [4.69, 9.17) is 11.6 Å². The number of carbonyl (C=O) groups is 1. The second-order valence-electron chi connectivity index (χ2n) is 3.70. The van der Waals surface area contributed by atoms with Crippen LogP contribution in [0.5, 0.6) is 0 Å². The second-order valence-corrected chi connectivity index (χ2v) is 4.13. The molecule has 1 amide bonds. The zero-order valence-corrected chi connectivity index (χ0v) is 9.87. The molecule has 1 aromatic carbocycles. The van der Waals surface area contributed by atoms with Gasteiger partial charge in [-0.3, -0.25) is 10.2 Å². The van der Waals surface area contributed by atoms with Crippen LogP contribution in [0.25, 0.3) is 0 Å². The predicted octanol–water partition coefficient (Wildman–Crippen LogP) is 0.657. The largest absolute Gasteiger partial charge is 0.271 e. The van der Waals surface area contributed by atoms with E-state index in [0.29, 0.717) is 5.02 Å². The Labute approximate surface area is 104 Å². The Morgan fingerprint density at radius 1 is 1.47 bits per heavy atom. The lowest BCUT2D eigenvalue weighted by Gasteiger charge is -2.06. The topological polar surface area (TPSA) is 65.5 Å². The maximum absolute atomic E-state index is 11.5. The van der Waals surface area contributed by atoms with Gasteiger partial charge >= 0.3 is 0 Å². The van der Waals surface area contributed by atoms with Crippen LogP contribution in [0, 0.1) is 0 Å². The molecule has 1 aliphatic rings. The van der Waals surface area contributed by atoms with Gasteiger partial charge in [-0.05, 0) is 24.1 Å². The van der Waals surface area contributed by atoms with Crippen molar-refractivity contribution in [1.29, 1.82) is 0 Å². The first-order valence-corrected chi connectivity index (χ1v) is 5.70. The standard InChI is InChI=1S/C11H13ClN4O/c12-9-3-1-8(2-4-9)7-14-16-11(17)10-5-6-13-15-10/h1-4,7,10,13,15H,5-6H2,(H,16,17)/b14-7+. The van der Waals surface area contributed by atoms with Crippen molar-refractivity contribution in [2.75, 3.05) is 6.54 Å². The number of hydrazine groups is 1. The van der Waals surface area contributed by atoms with Gasteiger partial charge in [-0.15, -0.1) is 0 Å². The lowest BCUT2D eigenvalue weighted by molar-refractivity contribution is -0.122. The molecule has 1 atom stereocenters. The Hall–Kier alpha value is -1.43. The van der Waals surface area contributed by atoms with Crippen LogP contribution in [0.3, 0.4) is 0 Å². The smallest absolute Gasteiger partial charge is 0.258 e. The molecule has 3 N–H and O–H groups in total. The molecule has 1 saturated heterocycles. The van der Waals surface area contributed by atoms with Crippen LogP contribution in [-0.4, -0.2) is 24.7 Å². The normalized spacial score (nSPS) is 19.7. The van der Waals surface area contributed by atoms with Gasteiger partial charge in [-0.2, -0.15) is 5.10 Å². The van der Waals surface area contributed by atoms with E-state index in [1.165, 1.54) is 0 Å². The molecule has 5 nitrogen and oxygen atoms in total. The van der Waals surface area contributed by atoms with Crippen LogP contribution in [0.1, 0.15) is 12.0 Å². The highest BCUT2D eigenvalue weighted by molar-refractivity contribution is 6.30. The van der Waals surface area contributed by atoms with Gasteiger partial charge in [0.1, 0.15) is 6.04 Å². The average molecular weight is 253 g/mol. The molecule has 6 heteroatoms. The van der Waals surface area contributed by atoms with Crippen molar-refractivity contribution < 1.29 is 4.79 Å². The van der Waals surface area contributed by atoms with Gasteiger partial charge < -0.3 is 0 Å². The highest BCUT2D eigenvalue weighted by Gasteiger charge is 2.21. The van der Waals surface area contributed by atoms with Crippen LogP contribution in [0.2, 0.25) is 5.02 Å². The van der Waals surface area contributed by atoms with Crippen molar-refractivity contribution in [1.82, 2.24) is 16.3 Å². The van der Waals surface area contributed by atoms with Crippen molar-refractivity contribution in [3.63, 3.8) is 0 Å². The Morgan fingerprint density at radius 3 is 2.88 bits per heavy atom. The number of rotatable bonds is 3. The van der Waals surface area contributed by atoms with Gasteiger partial charge in [0.05, 0.1) is 6.21 Å². The van der Waals surface area contributed by atoms with E-state index in [2.05, 4.69) is 21.4 Å². The minimum atomic E-state index is -0.211. The Morgan fingerprint density at radius 2 is 2.24 bits per heavy atom. The molecule has 17 heavy (non-hydrogen) atoms. The van der Waals surface area contributed by atoms with Gasteiger partial charge in [0.15, 0.2) is 0 Å². The fourth-order valence-electron chi connectivity index (χ4n) is 1.48. The van der Waals surface area contributed by atoms with E-state index >= 15 is 0 Å². The van der Waals surface area contributed by atoms with Crippen LogP contribution < -0.4 is 16.3 Å². The van der Waals surface area contributed by atoms with Crippen molar-refractivity contribution in [2.24, 2.45) is 5.10 Å². The zero-order chi connectivity index (χ0) is 12.1. The van der Waals surface area contributed by atoms with E-state index in [9.17, 15) is 4.79 Å². The second kappa shape index (κ2) is 5.77. The summed E-state index contributed by atoms with van der Waals surface area (Å²) in [4.78, 5) is 11.5. The summed E-state index contributed by atoms with van der Waals surface area (Å²) in [7, 11) is 0. The van der Waals surface area contributed by atoms with Gasteiger partial charge in [0.2, 0.25) is 0 Å². The number of hydrogen-bond donors (Lipinski definition) is 3. The molecule has 0 spiro atoms. The van der Waals surface area contributed by atoms with Crippen molar-refractivity contribution in [3.8, 4) is 0 Å². The van der Waals surface area contributed by atoms with Crippen LogP contribution in [0.4, 0.5) is 0 Å². The van der Waals surface area contributed by atoms with Gasteiger partial charge in [0.25, 0.3) is 5.91 Å². The Kier molecular flexibility index (Phi) is 4.08. The lowest BCUT2D eigenvalue weighted by atomic mass is 10.2. The molecule has 1 fully saturated rings. The van der Waals surface area contributed by atoms with Crippen molar-refractivity contribution in [2.45, 2.75) is 12.5 Å². The molecule has 1 aliphatic heterocycles. The third-order valence-electron chi connectivity index (χ3n) is 2.41. The molecule has 90 valence electrons. The number of nitrogens with zero attached hydrogens (tertiary/aromatic N) is 1. The number of benzene rings is 1. The number of hydrogen-bond acceptors (Lipinski definition) is 4. The summed E-state index contributed by atoms with van der Waals surface area (Å²) in [6, 6.07) is 6.98. The molecule has 0 saturated carbocycles. The number of nitrogens with one attached hydrogen (secondary N) is 3. The van der Waals surface area contributed by atoms with E-state index in [1.54, 1.807) is 18.3 Å². The highest BCUT2D eigenvalue weighted by Crippen LogP contribution is 2.07. The molecular weight excluding hydrogens is 240 g/mol. The number of hydrazone groups is 1. The quantitative estimate of drug-likeness (QED) is 0.547. The monoisotopic (exact) mass is 252 g/mol. The van der Waals surface area contributed by atoms with Gasteiger partial charge in [-0.25, -0.2) is 10.9 Å². The van der Waals surface area contributed by atoms with Crippen LogP contribution >= 0.6 is 11.6 Å². The first-order chi connectivity index (χ1) is 8.25. The Bertz CT molecular complexity index is 412. The summed E-state index contributed by atoms with van der Waals surface area (Å²) in [6.07, 6.45) is 2.35. The molecule has 0 aromatic heterocycles. The van der Waals surface area contributed by atoms with E-state index < -0.39 is 0 Å². The fraction of sp³-hybridized carbons (Fsp3) is 0.273. The van der Waals surface area contributed by atoms with E-state index in [0.717, 1.165) is 18.5 Å². The minimum absolute atomic E-state index is 0.139. The molecule has 0 bridgehead atoms. The highest BCUT2D eigenvalue weighted by atomic mass is 35.5. The summed E-state index contributed by atoms with van der Waals surface area (Å²) < 4.78 is 0. The molecular formula is C11H13ClN4O. The first-order valence-electron chi connectivity index (χ1n) is 5.32. The average Bonchev–Trinajstić information content (AvgIpc) is 2.85. The lowest BCUT2D eigenvalue weighted by Crippen LogP contribution is -2.41. The van der Waals surface area contributed by atoms with E-state index in [1.807, 2.05) is 12.1 Å². The maximum atomic E-state index is 11.5. The summed E-state index contributed by atoms with van der Waals surface area (Å²) in [5.41, 5.74) is 9.11.